The van der Waals surface area contributed by atoms with Crippen LogP contribution >= 0.6 is 23.4 Å². The molecule has 1 aliphatic heterocycles. The van der Waals surface area contributed by atoms with Crippen molar-refractivity contribution in [1.82, 2.24) is 4.90 Å². The highest BCUT2D eigenvalue weighted by atomic mass is 35.5. The van der Waals surface area contributed by atoms with Crippen LogP contribution in [0.2, 0.25) is 5.02 Å². The van der Waals surface area contributed by atoms with Crippen molar-refractivity contribution >= 4 is 29.1 Å². The van der Waals surface area contributed by atoms with Crippen molar-refractivity contribution in [3.05, 3.63) is 64.7 Å². The van der Waals surface area contributed by atoms with Crippen molar-refractivity contribution in [2.24, 2.45) is 0 Å². The van der Waals surface area contributed by atoms with Gasteiger partial charge in [0.1, 0.15) is 0 Å². The largest absolute Gasteiger partial charge is 0.399 e. The van der Waals surface area contributed by atoms with Crippen LogP contribution in [-0.4, -0.2) is 23.0 Å². The fourth-order valence-electron chi connectivity index (χ4n) is 2.75. The molecule has 0 aliphatic carbocycles. The predicted molar refractivity (Wildman–Crippen MR) is 92.8 cm³/mol. The van der Waals surface area contributed by atoms with Gasteiger partial charge < -0.3 is 5.73 Å². The van der Waals surface area contributed by atoms with E-state index in [-0.39, 0.29) is 0 Å². The van der Waals surface area contributed by atoms with Crippen LogP contribution in [0.1, 0.15) is 17.2 Å². The van der Waals surface area contributed by atoms with Gasteiger partial charge in [0.25, 0.3) is 0 Å². The maximum atomic E-state index is 6.00. The van der Waals surface area contributed by atoms with E-state index in [2.05, 4.69) is 29.2 Å². The zero-order chi connectivity index (χ0) is 14.7. The summed E-state index contributed by atoms with van der Waals surface area (Å²) in [6, 6.07) is 16.9. The van der Waals surface area contributed by atoms with Crippen molar-refractivity contribution in [1.29, 1.82) is 0 Å². The molecular weight excluding hydrogens is 300 g/mol. The monoisotopic (exact) mass is 318 g/mol. The number of nitrogen functional groups attached to an aromatic ring is 1. The molecule has 3 rings (SSSR count). The van der Waals surface area contributed by atoms with E-state index in [0.29, 0.717) is 6.04 Å². The predicted octanol–water partition coefficient (Wildman–Crippen LogP) is 4.21. The molecule has 1 heterocycles. The average Bonchev–Trinajstić information content (AvgIpc) is 2.49. The molecule has 0 spiro atoms. The molecule has 1 atom stereocenters. The van der Waals surface area contributed by atoms with Gasteiger partial charge in [0.15, 0.2) is 0 Å². The number of benzene rings is 2. The molecule has 1 saturated heterocycles. The second kappa shape index (κ2) is 6.73. The number of hydrogen-bond acceptors (Lipinski definition) is 3. The topological polar surface area (TPSA) is 29.3 Å². The molecule has 0 radical (unpaired) electrons. The highest BCUT2D eigenvalue weighted by Gasteiger charge is 2.24. The summed E-state index contributed by atoms with van der Waals surface area (Å²) in [5.74, 6) is 2.32. The van der Waals surface area contributed by atoms with E-state index in [4.69, 9.17) is 17.3 Å². The quantitative estimate of drug-likeness (QED) is 0.859. The van der Waals surface area contributed by atoms with Gasteiger partial charge in [-0.1, -0.05) is 35.9 Å². The van der Waals surface area contributed by atoms with Crippen LogP contribution in [0.4, 0.5) is 5.69 Å². The zero-order valence-corrected chi connectivity index (χ0v) is 13.4. The number of nitrogens with two attached hydrogens (primary N) is 1. The normalized spacial score (nSPS) is 19.6. The smallest absolute Gasteiger partial charge is 0.0442 e. The van der Waals surface area contributed by atoms with Crippen LogP contribution in [0.15, 0.2) is 48.5 Å². The van der Waals surface area contributed by atoms with Crippen molar-refractivity contribution in [3.63, 3.8) is 0 Å². The van der Waals surface area contributed by atoms with Crippen molar-refractivity contribution < 1.29 is 0 Å². The number of hydrogen-bond donors (Lipinski definition) is 1. The van der Waals surface area contributed by atoms with Gasteiger partial charge in [0, 0.05) is 41.3 Å². The minimum absolute atomic E-state index is 0.447. The van der Waals surface area contributed by atoms with E-state index in [9.17, 15) is 0 Å². The molecule has 4 heteroatoms. The highest BCUT2D eigenvalue weighted by Crippen LogP contribution is 2.31. The van der Waals surface area contributed by atoms with Gasteiger partial charge in [-0.2, -0.15) is 11.8 Å². The van der Waals surface area contributed by atoms with E-state index in [1.165, 1.54) is 16.9 Å². The third-order valence-electron chi connectivity index (χ3n) is 3.83. The van der Waals surface area contributed by atoms with Crippen molar-refractivity contribution in [2.45, 2.75) is 12.6 Å². The summed E-state index contributed by atoms with van der Waals surface area (Å²) in [6.45, 7) is 2.05. The summed E-state index contributed by atoms with van der Waals surface area (Å²) in [5.41, 5.74) is 9.35. The third-order valence-corrected chi connectivity index (χ3v) is 5.11. The Balaban J connectivity index is 1.79. The summed E-state index contributed by atoms with van der Waals surface area (Å²) in [6.07, 6.45) is 0. The van der Waals surface area contributed by atoms with Crippen LogP contribution in [0, 0.1) is 0 Å². The van der Waals surface area contributed by atoms with Crippen molar-refractivity contribution in [2.75, 3.05) is 23.8 Å². The van der Waals surface area contributed by atoms with Gasteiger partial charge in [0.05, 0.1) is 0 Å². The summed E-state index contributed by atoms with van der Waals surface area (Å²) in [7, 11) is 0. The Morgan fingerprint density at radius 1 is 1.19 bits per heavy atom. The average molecular weight is 319 g/mol. The Hall–Kier alpha value is -1.16. The Morgan fingerprint density at radius 2 is 2.00 bits per heavy atom. The Labute approximate surface area is 135 Å². The van der Waals surface area contributed by atoms with Gasteiger partial charge in [-0.3, -0.25) is 4.90 Å². The molecule has 2 aromatic carbocycles. The molecule has 1 fully saturated rings. The summed E-state index contributed by atoms with van der Waals surface area (Å²) < 4.78 is 0. The number of thioether (sulfide) groups is 1. The summed E-state index contributed by atoms with van der Waals surface area (Å²) in [5, 5.41) is 0.796. The fourth-order valence-corrected chi connectivity index (χ4v) is 4.03. The highest BCUT2D eigenvalue weighted by molar-refractivity contribution is 7.99. The number of nitrogens with zero attached hydrogens (tertiary/aromatic N) is 1. The first-order valence-electron chi connectivity index (χ1n) is 7.14. The van der Waals surface area contributed by atoms with Gasteiger partial charge in [-0.05, 0) is 35.4 Å². The molecule has 21 heavy (non-hydrogen) atoms. The maximum Gasteiger partial charge on any atom is 0.0442 e. The lowest BCUT2D eigenvalue weighted by Crippen LogP contribution is -2.35. The molecule has 0 aromatic heterocycles. The van der Waals surface area contributed by atoms with E-state index in [0.717, 1.165) is 29.6 Å². The maximum absolute atomic E-state index is 6.00. The van der Waals surface area contributed by atoms with E-state index < -0.39 is 0 Å². The Bertz CT molecular complexity index is 600. The first-order valence-corrected chi connectivity index (χ1v) is 8.67. The van der Waals surface area contributed by atoms with Gasteiger partial charge in [0.2, 0.25) is 0 Å². The SMILES string of the molecule is Nc1cccc(CN2CCSCC2c2ccc(Cl)cc2)c1. The lowest BCUT2D eigenvalue weighted by atomic mass is 10.1. The molecule has 1 unspecified atom stereocenters. The second-order valence-corrected chi connectivity index (χ2v) is 6.94. The molecule has 0 saturated carbocycles. The minimum atomic E-state index is 0.447. The molecule has 1 aliphatic rings. The first kappa shape index (κ1) is 14.8. The van der Waals surface area contributed by atoms with Gasteiger partial charge >= 0.3 is 0 Å². The molecule has 2 N–H and O–H groups in total. The lowest BCUT2D eigenvalue weighted by Gasteiger charge is -2.35. The van der Waals surface area contributed by atoms with Gasteiger partial charge in [-0.15, -0.1) is 0 Å². The summed E-state index contributed by atoms with van der Waals surface area (Å²) in [4.78, 5) is 2.54. The van der Waals surface area contributed by atoms with E-state index in [1.807, 2.05) is 36.0 Å². The van der Waals surface area contributed by atoms with Crippen LogP contribution in [0.25, 0.3) is 0 Å². The second-order valence-electron chi connectivity index (χ2n) is 5.36. The molecule has 2 nitrogen and oxygen atoms in total. The number of anilines is 1. The lowest BCUT2D eigenvalue weighted by molar-refractivity contribution is 0.212. The number of halogens is 1. The number of rotatable bonds is 3. The van der Waals surface area contributed by atoms with Crippen LogP contribution in [-0.2, 0) is 6.54 Å². The van der Waals surface area contributed by atoms with Crippen molar-refractivity contribution in [3.8, 4) is 0 Å². The minimum Gasteiger partial charge on any atom is -0.399 e. The standard InChI is InChI=1S/C17H19ClN2S/c18-15-6-4-14(5-7-15)17-12-21-9-8-20(17)11-13-2-1-3-16(19)10-13/h1-7,10,17H,8-9,11-12,19H2. The molecular formula is C17H19ClN2S. The zero-order valence-electron chi connectivity index (χ0n) is 11.8. The van der Waals surface area contributed by atoms with E-state index in [1.54, 1.807) is 0 Å². The third kappa shape index (κ3) is 3.73. The Kier molecular flexibility index (Phi) is 4.73. The molecule has 0 amide bonds. The van der Waals surface area contributed by atoms with Crippen LogP contribution in [0.5, 0.6) is 0 Å². The van der Waals surface area contributed by atoms with E-state index >= 15 is 0 Å². The Morgan fingerprint density at radius 3 is 2.76 bits per heavy atom. The molecule has 110 valence electrons. The molecule has 2 aromatic rings. The molecule has 0 bridgehead atoms. The van der Waals surface area contributed by atoms with Crippen LogP contribution < -0.4 is 5.73 Å². The fraction of sp³-hybridized carbons (Fsp3) is 0.294. The first-order chi connectivity index (χ1) is 10.2. The van der Waals surface area contributed by atoms with Gasteiger partial charge in [-0.25, -0.2) is 0 Å². The summed E-state index contributed by atoms with van der Waals surface area (Å²) >= 11 is 8.02. The van der Waals surface area contributed by atoms with Crippen LogP contribution in [0.3, 0.4) is 0 Å².